The van der Waals surface area contributed by atoms with Crippen LogP contribution in [0.25, 0.3) is 11.8 Å². The zero-order chi connectivity index (χ0) is 19.3. The molecule has 1 fully saturated rings. The Hall–Kier alpha value is -2.63. The van der Waals surface area contributed by atoms with Crippen LogP contribution in [0.5, 0.6) is 0 Å². The molecule has 0 N–H and O–H groups in total. The van der Waals surface area contributed by atoms with Crippen LogP contribution in [-0.2, 0) is 0 Å². The fourth-order valence-corrected chi connectivity index (χ4v) is 3.71. The molecule has 0 bridgehead atoms. The molecule has 6 heteroatoms. The monoisotopic (exact) mass is 393 g/mol. The molecule has 1 aliphatic rings. The van der Waals surface area contributed by atoms with Crippen LogP contribution >= 0.6 is 11.6 Å². The third kappa shape index (κ3) is 4.26. The summed E-state index contributed by atoms with van der Waals surface area (Å²) < 4.78 is 1.95. The van der Waals surface area contributed by atoms with Crippen LogP contribution in [-0.4, -0.2) is 52.4 Å². The summed E-state index contributed by atoms with van der Waals surface area (Å²) in [7, 11) is 0. The maximum Gasteiger partial charge on any atom is 0.0679 e. The summed E-state index contributed by atoms with van der Waals surface area (Å²) in [6.45, 7) is 7.18. The van der Waals surface area contributed by atoms with E-state index in [2.05, 4.69) is 45.0 Å². The second-order valence-electron chi connectivity index (χ2n) is 6.97. The minimum atomic E-state index is 0.797. The fraction of sp³-hybridized carbons (Fsp3) is 0.273. The number of halogens is 1. The van der Waals surface area contributed by atoms with Crippen molar-refractivity contribution in [2.75, 3.05) is 37.6 Å². The van der Waals surface area contributed by atoms with Gasteiger partial charge in [-0.15, -0.1) is 0 Å². The largest absolute Gasteiger partial charge is 0.369 e. The number of pyridine rings is 1. The zero-order valence-corrected chi connectivity index (χ0v) is 16.8. The molecule has 144 valence electrons. The molecule has 0 radical (unpaired) electrons. The highest BCUT2D eigenvalue weighted by Crippen LogP contribution is 2.21. The van der Waals surface area contributed by atoms with Crippen LogP contribution in [0.1, 0.15) is 11.3 Å². The van der Waals surface area contributed by atoms with Crippen LogP contribution in [0.3, 0.4) is 0 Å². The summed E-state index contributed by atoms with van der Waals surface area (Å²) in [6, 6.07) is 12.0. The van der Waals surface area contributed by atoms with Crippen molar-refractivity contribution in [3.05, 3.63) is 77.3 Å². The maximum absolute atomic E-state index is 6.12. The van der Waals surface area contributed by atoms with Gasteiger partial charge in [0.15, 0.2) is 0 Å². The molecular formula is C22H24ClN5. The first-order valence-corrected chi connectivity index (χ1v) is 9.93. The van der Waals surface area contributed by atoms with E-state index >= 15 is 0 Å². The Morgan fingerprint density at radius 1 is 1.04 bits per heavy atom. The van der Waals surface area contributed by atoms with Gasteiger partial charge in [-0.1, -0.05) is 29.8 Å². The van der Waals surface area contributed by atoms with E-state index in [1.54, 1.807) is 12.4 Å². The van der Waals surface area contributed by atoms with Crippen LogP contribution in [0, 0.1) is 6.92 Å². The average Bonchev–Trinajstić information content (AvgIpc) is 3.10. The first-order chi connectivity index (χ1) is 13.7. The third-order valence-electron chi connectivity index (χ3n) is 5.16. The van der Waals surface area contributed by atoms with Crippen molar-refractivity contribution in [2.45, 2.75) is 6.92 Å². The number of anilines is 1. The summed E-state index contributed by atoms with van der Waals surface area (Å²) in [5.74, 6) is 0. The second-order valence-corrected chi connectivity index (χ2v) is 7.41. The molecule has 4 rings (SSSR count). The van der Waals surface area contributed by atoms with Crippen molar-refractivity contribution in [1.82, 2.24) is 19.7 Å². The molecule has 0 aliphatic carbocycles. The van der Waals surface area contributed by atoms with Crippen LogP contribution < -0.4 is 4.90 Å². The molecule has 1 aromatic carbocycles. The van der Waals surface area contributed by atoms with Gasteiger partial charge in [0.25, 0.3) is 0 Å². The number of nitrogens with zero attached hydrogens (tertiary/aromatic N) is 5. The zero-order valence-electron chi connectivity index (χ0n) is 16.0. The number of hydrogen-bond acceptors (Lipinski definition) is 4. The van der Waals surface area contributed by atoms with Gasteiger partial charge in [0, 0.05) is 67.1 Å². The minimum Gasteiger partial charge on any atom is -0.369 e. The molecule has 0 saturated carbocycles. The molecule has 0 atom stereocenters. The fourth-order valence-electron chi connectivity index (χ4n) is 3.52. The van der Waals surface area contributed by atoms with Crippen molar-refractivity contribution in [3.63, 3.8) is 0 Å². The van der Waals surface area contributed by atoms with Crippen molar-refractivity contribution >= 4 is 23.4 Å². The van der Waals surface area contributed by atoms with Gasteiger partial charge in [0.1, 0.15) is 0 Å². The molecular weight excluding hydrogens is 370 g/mol. The van der Waals surface area contributed by atoms with Crippen LogP contribution in [0.4, 0.5) is 5.69 Å². The van der Waals surface area contributed by atoms with E-state index in [1.807, 2.05) is 41.2 Å². The average molecular weight is 394 g/mol. The van der Waals surface area contributed by atoms with E-state index in [4.69, 9.17) is 11.6 Å². The van der Waals surface area contributed by atoms with Crippen molar-refractivity contribution in [3.8, 4) is 5.69 Å². The van der Waals surface area contributed by atoms with Crippen molar-refractivity contribution < 1.29 is 0 Å². The Kier molecular flexibility index (Phi) is 5.74. The van der Waals surface area contributed by atoms with Crippen molar-refractivity contribution in [1.29, 1.82) is 0 Å². The standard InChI is InChI=1S/C22H24ClN5/c1-18-19(17-25-28(18)21-7-9-24-10-8-21)4-3-11-26-12-14-27(15-13-26)22-6-2-5-20(23)16-22/h2-10,16-17H,11-15H2,1H3. The summed E-state index contributed by atoms with van der Waals surface area (Å²) in [4.78, 5) is 8.94. The predicted octanol–water partition coefficient (Wildman–Crippen LogP) is 4.06. The molecule has 0 spiro atoms. The Morgan fingerprint density at radius 2 is 1.82 bits per heavy atom. The third-order valence-corrected chi connectivity index (χ3v) is 5.40. The Labute approximate surface area is 170 Å². The van der Waals surface area contributed by atoms with E-state index in [9.17, 15) is 0 Å². The molecule has 3 heterocycles. The summed E-state index contributed by atoms with van der Waals surface area (Å²) in [6.07, 6.45) is 9.90. The molecule has 1 aliphatic heterocycles. The number of aromatic nitrogens is 3. The SMILES string of the molecule is Cc1c(C=CCN2CCN(c3cccc(Cl)c3)CC2)cnn1-c1ccncc1. The van der Waals surface area contributed by atoms with Gasteiger partial charge in [-0.3, -0.25) is 9.88 Å². The molecule has 0 unspecified atom stereocenters. The second kappa shape index (κ2) is 8.59. The minimum absolute atomic E-state index is 0.797. The summed E-state index contributed by atoms with van der Waals surface area (Å²) >= 11 is 6.12. The highest BCUT2D eigenvalue weighted by atomic mass is 35.5. The van der Waals surface area contributed by atoms with E-state index in [0.29, 0.717) is 0 Å². The van der Waals surface area contributed by atoms with Gasteiger partial charge < -0.3 is 4.90 Å². The van der Waals surface area contributed by atoms with Crippen LogP contribution in [0.2, 0.25) is 5.02 Å². The van der Waals surface area contributed by atoms with E-state index < -0.39 is 0 Å². The highest BCUT2D eigenvalue weighted by Gasteiger charge is 2.16. The first kappa shape index (κ1) is 18.7. The lowest BCUT2D eigenvalue weighted by molar-refractivity contribution is 0.284. The Morgan fingerprint density at radius 3 is 2.57 bits per heavy atom. The Bertz CT molecular complexity index is 943. The molecule has 5 nitrogen and oxygen atoms in total. The van der Waals surface area contributed by atoms with Crippen molar-refractivity contribution in [2.24, 2.45) is 0 Å². The van der Waals surface area contributed by atoms with Gasteiger partial charge in [0.05, 0.1) is 11.9 Å². The number of rotatable bonds is 5. The van der Waals surface area contributed by atoms with Gasteiger partial charge in [0.2, 0.25) is 0 Å². The smallest absolute Gasteiger partial charge is 0.0679 e. The van der Waals surface area contributed by atoms with Gasteiger partial charge in [-0.25, -0.2) is 4.68 Å². The molecule has 1 saturated heterocycles. The topological polar surface area (TPSA) is 37.2 Å². The van der Waals surface area contributed by atoms with Gasteiger partial charge in [-0.05, 0) is 37.3 Å². The van der Waals surface area contributed by atoms with Gasteiger partial charge in [-0.2, -0.15) is 5.10 Å². The summed E-state index contributed by atoms with van der Waals surface area (Å²) in [5.41, 5.74) is 4.52. The van der Waals surface area contributed by atoms with E-state index in [1.165, 1.54) is 5.69 Å². The molecule has 28 heavy (non-hydrogen) atoms. The van der Waals surface area contributed by atoms with Gasteiger partial charge >= 0.3 is 0 Å². The Balaban J connectivity index is 1.32. The molecule has 0 amide bonds. The summed E-state index contributed by atoms with van der Waals surface area (Å²) in [5, 5.41) is 5.31. The van der Waals surface area contributed by atoms with Crippen LogP contribution in [0.15, 0.2) is 61.1 Å². The maximum atomic E-state index is 6.12. The van der Waals surface area contributed by atoms with E-state index in [0.717, 1.165) is 54.7 Å². The predicted molar refractivity (Wildman–Crippen MR) is 115 cm³/mol. The number of hydrogen-bond donors (Lipinski definition) is 0. The molecule has 3 aromatic rings. The molecule has 2 aromatic heterocycles. The van der Waals surface area contributed by atoms with E-state index in [-0.39, 0.29) is 0 Å². The number of piperazine rings is 1. The first-order valence-electron chi connectivity index (χ1n) is 9.55. The number of benzene rings is 1. The quantitative estimate of drug-likeness (QED) is 0.655. The normalized spacial score (nSPS) is 15.4. The highest BCUT2D eigenvalue weighted by molar-refractivity contribution is 6.30. The lowest BCUT2D eigenvalue weighted by Gasteiger charge is -2.35. The lowest BCUT2D eigenvalue weighted by Crippen LogP contribution is -2.46. The lowest BCUT2D eigenvalue weighted by atomic mass is 10.2.